The van der Waals surface area contributed by atoms with Crippen LogP contribution in [0, 0.1) is 23.4 Å². The van der Waals surface area contributed by atoms with Gasteiger partial charge in [0.15, 0.2) is 0 Å². The van der Waals surface area contributed by atoms with E-state index in [1.165, 1.54) is 34.8 Å². The number of aromatic nitrogens is 1. The molecule has 1 amide bonds. The molecular formula is C33H33F3N4O3S. The first kappa shape index (κ1) is 31.4. The topological polar surface area (TPSA) is 91.4 Å². The predicted molar refractivity (Wildman–Crippen MR) is 162 cm³/mol. The molecule has 2 atom stereocenters. The molecule has 1 aliphatic rings. The van der Waals surface area contributed by atoms with Gasteiger partial charge < -0.3 is 10.6 Å². The Hall–Kier alpha value is -4.06. The second-order valence-electron chi connectivity index (χ2n) is 10.8. The third-order valence-electron chi connectivity index (χ3n) is 8.01. The maximum Gasteiger partial charge on any atom is 0.243 e. The molecule has 4 aromatic rings. The van der Waals surface area contributed by atoms with E-state index in [9.17, 15) is 22.0 Å². The molecule has 1 aliphatic heterocycles. The molecule has 3 aromatic carbocycles. The summed E-state index contributed by atoms with van der Waals surface area (Å²) in [5.41, 5.74) is 1.70. The van der Waals surface area contributed by atoms with Crippen molar-refractivity contribution in [3.05, 3.63) is 125 Å². The normalized spacial score (nSPS) is 16.5. The standard InChI is InChI=1S/C33H33F3N4O3S/c1-22(32(23-7-11-25(34)12-8-23)24-9-13-26(35)14-10-24)33(41)39-31-21-38-20-30(36)29(31)16-15-27-19-37-17-18-40(27)44(42,43)28-5-3-2-4-6-28/h2-14,20-22,27,32,37H,15-19H2,1H3,(H,39,41)/t22-,27+/m0/s1. The number of carbonyl (C=O) groups excluding carboxylic acids is 1. The summed E-state index contributed by atoms with van der Waals surface area (Å²) in [6.45, 7) is 2.86. The number of carbonyl (C=O) groups is 1. The van der Waals surface area contributed by atoms with Crippen LogP contribution < -0.4 is 10.6 Å². The maximum absolute atomic E-state index is 15.2. The highest BCUT2D eigenvalue weighted by molar-refractivity contribution is 7.89. The second-order valence-corrected chi connectivity index (χ2v) is 12.7. The molecule has 0 aliphatic carbocycles. The highest BCUT2D eigenvalue weighted by Crippen LogP contribution is 2.34. The Morgan fingerprint density at radius 1 is 0.955 bits per heavy atom. The van der Waals surface area contributed by atoms with Crippen LogP contribution in [0.25, 0.3) is 0 Å². The van der Waals surface area contributed by atoms with Crippen molar-refractivity contribution >= 4 is 21.6 Å². The molecule has 5 rings (SSSR count). The highest BCUT2D eigenvalue weighted by atomic mass is 32.2. The first-order valence-corrected chi connectivity index (χ1v) is 15.8. The number of nitrogens with one attached hydrogen (secondary N) is 2. The third kappa shape index (κ3) is 7.01. The number of sulfonamides is 1. The van der Waals surface area contributed by atoms with E-state index in [0.717, 1.165) is 6.20 Å². The zero-order valence-corrected chi connectivity index (χ0v) is 24.9. The SMILES string of the molecule is C[C@H](C(=O)Nc1cncc(F)c1CC[C@@H]1CNCCN1S(=O)(=O)c1ccccc1)C(c1ccc(F)cc1)c1ccc(F)cc1. The van der Waals surface area contributed by atoms with Crippen molar-refractivity contribution in [1.82, 2.24) is 14.6 Å². The van der Waals surface area contributed by atoms with Gasteiger partial charge in [-0.25, -0.2) is 21.6 Å². The fraction of sp³-hybridized carbons (Fsp3) is 0.273. The summed E-state index contributed by atoms with van der Waals surface area (Å²) in [5.74, 6) is -3.19. The predicted octanol–water partition coefficient (Wildman–Crippen LogP) is 5.50. The number of nitrogens with zero attached hydrogens (tertiary/aromatic N) is 2. The van der Waals surface area contributed by atoms with E-state index in [1.54, 1.807) is 61.5 Å². The maximum atomic E-state index is 15.2. The van der Waals surface area contributed by atoms with Crippen molar-refractivity contribution in [1.29, 1.82) is 0 Å². The van der Waals surface area contributed by atoms with Gasteiger partial charge in [-0.3, -0.25) is 9.78 Å². The third-order valence-corrected chi connectivity index (χ3v) is 9.97. The Morgan fingerprint density at radius 3 is 2.18 bits per heavy atom. The Morgan fingerprint density at radius 2 is 1.57 bits per heavy atom. The lowest BCUT2D eigenvalue weighted by atomic mass is 9.81. The first-order chi connectivity index (χ1) is 21.1. The smallest absolute Gasteiger partial charge is 0.243 e. The number of halogens is 3. The van der Waals surface area contributed by atoms with E-state index in [2.05, 4.69) is 15.6 Å². The average molecular weight is 623 g/mol. The molecule has 1 aromatic heterocycles. The van der Waals surface area contributed by atoms with Gasteiger partial charge in [0.05, 0.1) is 23.0 Å². The van der Waals surface area contributed by atoms with E-state index >= 15 is 4.39 Å². The molecule has 0 unspecified atom stereocenters. The van der Waals surface area contributed by atoms with E-state index in [-0.39, 0.29) is 29.1 Å². The minimum atomic E-state index is -3.76. The largest absolute Gasteiger partial charge is 0.324 e. The summed E-state index contributed by atoms with van der Waals surface area (Å²) in [6, 6.07) is 19.3. The molecule has 7 nitrogen and oxygen atoms in total. The van der Waals surface area contributed by atoms with Crippen molar-refractivity contribution in [3.63, 3.8) is 0 Å². The van der Waals surface area contributed by atoms with Crippen LogP contribution in [0.15, 0.2) is 96.2 Å². The number of rotatable bonds is 10. The van der Waals surface area contributed by atoms with Crippen LogP contribution >= 0.6 is 0 Å². The van der Waals surface area contributed by atoms with Gasteiger partial charge in [-0.2, -0.15) is 4.31 Å². The van der Waals surface area contributed by atoms with Crippen molar-refractivity contribution in [2.75, 3.05) is 25.0 Å². The van der Waals surface area contributed by atoms with Crippen LogP contribution in [-0.2, 0) is 21.2 Å². The van der Waals surface area contributed by atoms with Gasteiger partial charge in [0.25, 0.3) is 0 Å². The first-order valence-electron chi connectivity index (χ1n) is 14.4. The number of pyridine rings is 1. The zero-order valence-electron chi connectivity index (χ0n) is 24.1. The molecule has 1 saturated heterocycles. The van der Waals surface area contributed by atoms with E-state index in [1.807, 2.05) is 0 Å². The van der Waals surface area contributed by atoms with E-state index in [4.69, 9.17) is 0 Å². The van der Waals surface area contributed by atoms with Crippen molar-refractivity contribution in [2.24, 2.45) is 5.92 Å². The van der Waals surface area contributed by atoms with Gasteiger partial charge in [-0.15, -0.1) is 0 Å². The summed E-state index contributed by atoms with van der Waals surface area (Å²) in [4.78, 5) is 17.8. The van der Waals surface area contributed by atoms with Gasteiger partial charge in [-0.05, 0) is 60.4 Å². The zero-order chi connectivity index (χ0) is 31.3. The fourth-order valence-corrected chi connectivity index (χ4v) is 7.35. The molecule has 0 spiro atoms. The lowest BCUT2D eigenvalue weighted by Gasteiger charge is -2.35. The van der Waals surface area contributed by atoms with Gasteiger partial charge in [0, 0.05) is 43.1 Å². The number of benzene rings is 3. The molecular weight excluding hydrogens is 589 g/mol. The summed E-state index contributed by atoms with van der Waals surface area (Å²) < 4.78 is 70.9. The minimum Gasteiger partial charge on any atom is -0.324 e. The summed E-state index contributed by atoms with van der Waals surface area (Å²) in [7, 11) is -3.76. The van der Waals surface area contributed by atoms with Gasteiger partial charge >= 0.3 is 0 Å². The van der Waals surface area contributed by atoms with Gasteiger partial charge in [0.2, 0.25) is 15.9 Å². The Labute approximate surface area is 255 Å². The van der Waals surface area contributed by atoms with Crippen LogP contribution in [0.2, 0.25) is 0 Å². The summed E-state index contributed by atoms with van der Waals surface area (Å²) in [6.07, 6.45) is 2.87. The van der Waals surface area contributed by atoms with Gasteiger partial charge in [0.1, 0.15) is 17.5 Å². The number of amides is 1. The molecule has 0 radical (unpaired) electrons. The number of piperazine rings is 1. The lowest BCUT2D eigenvalue weighted by molar-refractivity contribution is -0.119. The molecule has 1 fully saturated rings. The summed E-state index contributed by atoms with van der Waals surface area (Å²) >= 11 is 0. The molecule has 44 heavy (non-hydrogen) atoms. The van der Waals surface area contributed by atoms with Crippen LogP contribution in [0.4, 0.5) is 18.9 Å². The van der Waals surface area contributed by atoms with Crippen molar-refractivity contribution < 1.29 is 26.4 Å². The molecule has 11 heteroatoms. The molecule has 0 bridgehead atoms. The van der Waals surface area contributed by atoms with Gasteiger partial charge in [-0.1, -0.05) is 49.4 Å². The minimum absolute atomic E-state index is 0.144. The van der Waals surface area contributed by atoms with Crippen molar-refractivity contribution in [3.8, 4) is 0 Å². The van der Waals surface area contributed by atoms with Crippen LogP contribution in [-0.4, -0.2) is 49.3 Å². The number of anilines is 1. The Bertz CT molecular complexity index is 1640. The van der Waals surface area contributed by atoms with Crippen LogP contribution in [0.3, 0.4) is 0 Å². The van der Waals surface area contributed by atoms with Crippen LogP contribution in [0.1, 0.15) is 36.0 Å². The van der Waals surface area contributed by atoms with E-state index in [0.29, 0.717) is 30.6 Å². The van der Waals surface area contributed by atoms with Crippen molar-refractivity contribution in [2.45, 2.75) is 36.6 Å². The highest BCUT2D eigenvalue weighted by Gasteiger charge is 2.34. The Kier molecular flexibility index (Phi) is 9.77. The number of hydrogen-bond donors (Lipinski definition) is 2. The van der Waals surface area contributed by atoms with E-state index < -0.39 is 51.3 Å². The van der Waals surface area contributed by atoms with Crippen LogP contribution in [0.5, 0.6) is 0 Å². The lowest BCUT2D eigenvalue weighted by Crippen LogP contribution is -2.53. The quantitative estimate of drug-likeness (QED) is 0.244. The average Bonchev–Trinajstić information content (AvgIpc) is 3.03. The monoisotopic (exact) mass is 622 g/mol. The number of hydrogen-bond acceptors (Lipinski definition) is 5. The molecule has 230 valence electrons. The molecule has 2 N–H and O–H groups in total. The fourth-order valence-electron chi connectivity index (χ4n) is 5.68. The summed E-state index contributed by atoms with van der Waals surface area (Å²) in [5, 5.41) is 6.03. The molecule has 0 saturated carbocycles. The Balaban J connectivity index is 1.36. The second kappa shape index (κ2) is 13.7. The molecule has 2 heterocycles.